The number of hydrogen-bond acceptors (Lipinski definition) is 7. The largest absolute Gasteiger partial charge is 0.496 e. The summed E-state index contributed by atoms with van der Waals surface area (Å²) in [6.45, 7) is 3.44. The number of aliphatic hydroxyl groups excluding tert-OH is 1. The summed E-state index contributed by atoms with van der Waals surface area (Å²) in [4.78, 5) is 18.0. The summed E-state index contributed by atoms with van der Waals surface area (Å²) in [7, 11) is 1.60. The number of carbonyl (C=O) groups is 1. The molecule has 1 aliphatic carbocycles. The van der Waals surface area contributed by atoms with Crippen molar-refractivity contribution < 1.29 is 24.5 Å². The van der Waals surface area contributed by atoms with Crippen molar-refractivity contribution in [1.29, 1.82) is 0 Å². The molecule has 0 saturated carbocycles. The van der Waals surface area contributed by atoms with Crippen LogP contribution >= 0.6 is 0 Å². The van der Waals surface area contributed by atoms with Crippen LogP contribution in [-0.4, -0.2) is 41.3 Å². The number of rotatable bonds is 8. The van der Waals surface area contributed by atoms with Crippen LogP contribution in [0.1, 0.15) is 58.1 Å². The van der Waals surface area contributed by atoms with E-state index in [1.165, 1.54) is 0 Å². The van der Waals surface area contributed by atoms with Gasteiger partial charge >= 0.3 is 0 Å². The number of allylic oxidation sites excluding steroid dienone is 1. The van der Waals surface area contributed by atoms with E-state index in [2.05, 4.69) is 0 Å². The lowest BCUT2D eigenvalue weighted by Gasteiger charge is -2.26. The van der Waals surface area contributed by atoms with E-state index in [1.54, 1.807) is 26.2 Å². The van der Waals surface area contributed by atoms with Crippen LogP contribution in [0.4, 0.5) is 0 Å². The first-order valence-corrected chi connectivity index (χ1v) is 12.4. The number of Topliss-reactive ketones (excluding diaryl/α,β-unsaturated/α-hetero) is 1. The molecular weight excluding hydrogens is 468 g/mol. The first-order valence-electron chi connectivity index (χ1n) is 12.4. The molecule has 192 valence electrons. The van der Waals surface area contributed by atoms with Crippen molar-refractivity contribution in [2.24, 2.45) is 5.73 Å². The normalized spacial score (nSPS) is 19.2. The van der Waals surface area contributed by atoms with Gasteiger partial charge in [0.25, 0.3) is 0 Å². The number of ether oxygens (including phenoxy) is 2. The number of nitrogens with zero attached hydrogens (tertiary/aromatic N) is 1. The van der Waals surface area contributed by atoms with Crippen molar-refractivity contribution in [3.63, 3.8) is 0 Å². The van der Waals surface area contributed by atoms with Crippen molar-refractivity contribution in [2.75, 3.05) is 20.3 Å². The van der Waals surface area contributed by atoms with Crippen molar-refractivity contribution >= 4 is 11.9 Å². The fraction of sp³-hybridized carbons (Fsp3) is 0.333. The Morgan fingerprint density at radius 1 is 1.24 bits per heavy atom. The zero-order valence-corrected chi connectivity index (χ0v) is 21.4. The smallest absolute Gasteiger partial charge is 0.163 e. The summed E-state index contributed by atoms with van der Waals surface area (Å²) < 4.78 is 11.4. The SMILES string of the molecule is COc1cc(C(=O)CCC(C)(O)c2cc3c(c(-c4ccc(C)cc4)n2)OCC3(N)CO)cc2c1CC=C2. The molecule has 2 aromatic carbocycles. The van der Waals surface area contributed by atoms with E-state index in [9.17, 15) is 15.0 Å². The molecular formula is C30H32N2O5. The molecule has 0 amide bonds. The van der Waals surface area contributed by atoms with Crippen LogP contribution < -0.4 is 15.2 Å². The van der Waals surface area contributed by atoms with Gasteiger partial charge in [0, 0.05) is 28.7 Å². The Balaban J connectivity index is 1.46. The van der Waals surface area contributed by atoms with Crippen LogP contribution in [0.25, 0.3) is 17.3 Å². The first kappa shape index (κ1) is 25.1. The van der Waals surface area contributed by atoms with Crippen molar-refractivity contribution in [3.8, 4) is 22.8 Å². The molecule has 5 rings (SSSR count). The van der Waals surface area contributed by atoms with Crippen LogP contribution in [0.3, 0.4) is 0 Å². The predicted molar refractivity (Wildman–Crippen MR) is 142 cm³/mol. The predicted octanol–water partition coefficient (Wildman–Crippen LogP) is 4.04. The van der Waals surface area contributed by atoms with Crippen LogP contribution in [0.15, 0.2) is 48.5 Å². The maximum atomic E-state index is 13.2. The van der Waals surface area contributed by atoms with E-state index in [0.717, 1.165) is 28.7 Å². The van der Waals surface area contributed by atoms with Gasteiger partial charge in [-0.15, -0.1) is 0 Å². The van der Waals surface area contributed by atoms with Gasteiger partial charge in [-0.2, -0.15) is 0 Å². The maximum absolute atomic E-state index is 13.2. The van der Waals surface area contributed by atoms with Crippen LogP contribution in [0, 0.1) is 6.92 Å². The topological polar surface area (TPSA) is 115 Å². The number of pyridine rings is 1. The Labute approximate surface area is 216 Å². The molecule has 7 heteroatoms. The molecule has 1 aliphatic heterocycles. The van der Waals surface area contributed by atoms with Gasteiger partial charge in [-0.1, -0.05) is 42.0 Å². The molecule has 3 aromatic rings. The Morgan fingerprint density at radius 2 is 2.00 bits per heavy atom. The van der Waals surface area contributed by atoms with Crippen molar-refractivity contribution in [2.45, 2.75) is 44.2 Å². The van der Waals surface area contributed by atoms with Gasteiger partial charge < -0.3 is 25.4 Å². The summed E-state index contributed by atoms with van der Waals surface area (Å²) in [5.41, 5.74) is 9.99. The summed E-state index contributed by atoms with van der Waals surface area (Å²) >= 11 is 0. The Hall–Kier alpha value is -3.52. The minimum Gasteiger partial charge on any atom is -0.496 e. The fourth-order valence-electron chi connectivity index (χ4n) is 4.95. The number of aliphatic hydroxyl groups is 2. The summed E-state index contributed by atoms with van der Waals surface area (Å²) in [5.74, 6) is 1.12. The molecule has 7 nitrogen and oxygen atoms in total. The van der Waals surface area contributed by atoms with Crippen LogP contribution in [0.5, 0.6) is 11.5 Å². The highest BCUT2D eigenvalue weighted by molar-refractivity contribution is 5.97. The van der Waals surface area contributed by atoms with Gasteiger partial charge in [0.15, 0.2) is 11.5 Å². The van der Waals surface area contributed by atoms with Gasteiger partial charge in [-0.05, 0) is 50.5 Å². The lowest BCUT2D eigenvalue weighted by molar-refractivity contribution is 0.0396. The Bertz CT molecular complexity index is 1390. The number of benzene rings is 2. The maximum Gasteiger partial charge on any atom is 0.163 e. The average molecular weight is 501 g/mol. The molecule has 0 fully saturated rings. The third kappa shape index (κ3) is 4.55. The Morgan fingerprint density at radius 3 is 2.70 bits per heavy atom. The zero-order valence-electron chi connectivity index (χ0n) is 21.4. The van der Waals surface area contributed by atoms with E-state index in [1.807, 2.05) is 49.4 Å². The second kappa shape index (κ2) is 9.41. The van der Waals surface area contributed by atoms with Crippen molar-refractivity contribution in [1.82, 2.24) is 4.98 Å². The van der Waals surface area contributed by atoms with E-state index >= 15 is 0 Å². The number of aryl methyl sites for hydroxylation is 1. The number of ketones is 1. The highest BCUT2D eigenvalue weighted by atomic mass is 16.5. The first-order chi connectivity index (χ1) is 17.6. The highest BCUT2D eigenvalue weighted by Crippen LogP contribution is 2.44. The van der Waals surface area contributed by atoms with Gasteiger partial charge in [-0.3, -0.25) is 4.79 Å². The van der Waals surface area contributed by atoms with Crippen LogP contribution in [0.2, 0.25) is 0 Å². The number of nitrogens with two attached hydrogens (primary N) is 1. The quantitative estimate of drug-likeness (QED) is 0.400. The second-order valence-electron chi connectivity index (χ2n) is 10.3. The standard InChI is InChI=1S/C30H32N2O5/c1-18-7-9-19(10-8-18)27-28-23(30(31,16-33)17-37-28)15-26(32-27)29(2,35)12-11-24(34)21-13-20-5-4-6-22(20)25(14-21)36-3/h4-5,7-10,13-15,33,35H,6,11-12,16-17,31H2,1-3H3. The number of fused-ring (bicyclic) bond motifs is 2. The molecule has 2 aliphatic rings. The number of aromatic nitrogens is 1. The molecule has 0 saturated heterocycles. The van der Waals surface area contributed by atoms with Gasteiger partial charge in [0.05, 0.1) is 19.4 Å². The third-order valence-electron chi connectivity index (χ3n) is 7.39. The lowest BCUT2D eigenvalue weighted by atomic mass is 9.87. The average Bonchev–Trinajstić information content (AvgIpc) is 3.51. The lowest BCUT2D eigenvalue weighted by Crippen LogP contribution is -2.42. The third-order valence-corrected chi connectivity index (χ3v) is 7.39. The summed E-state index contributed by atoms with van der Waals surface area (Å²) in [6.07, 6.45) is 5.09. The van der Waals surface area contributed by atoms with Crippen molar-refractivity contribution in [3.05, 3.63) is 82.1 Å². The molecule has 2 unspecified atom stereocenters. The molecule has 37 heavy (non-hydrogen) atoms. The molecule has 4 N–H and O–H groups in total. The van der Waals surface area contributed by atoms with E-state index in [0.29, 0.717) is 34.0 Å². The van der Waals surface area contributed by atoms with Crippen LogP contribution in [-0.2, 0) is 17.6 Å². The number of carbonyl (C=O) groups excluding carboxylic acids is 1. The van der Waals surface area contributed by atoms with Gasteiger partial charge in [-0.25, -0.2) is 4.98 Å². The molecule has 0 radical (unpaired) electrons. The van der Waals surface area contributed by atoms with Gasteiger partial charge in [0.1, 0.15) is 29.2 Å². The number of methoxy groups -OCH3 is 1. The number of hydrogen-bond donors (Lipinski definition) is 3. The Kier molecular flexibility index (Phi) is 6.40. The molecule has 1 aromatic heterocycles. The molecule has 2 heterocycles. The minimum atomic E-state index is -1.43. The highest BCUT2D eigenvalue weighted by Gasteiger charge is 2.41. The van der Waals surface area contributed by atoms with Gasteiger partial charge in [0.2, 0.25) is 0 Å². The van der Waals surface area contributed by atoms with E-state index < -0.39 is 11.1 Å². The van der Waals surface area contributed by atoms with E-state index in [-0.39, 0.29) is 31.8 Å². The van der Waals surface area contributed by atoms with E-state index in [4.69, 9.17) is 20.2 Å². The molecule has 0 bridgehead atoms. The second-order valence-corrected chi connectivity index (χ2v) is 10.3. The minimum absolute atomic E-state index is 0.0894. The monoisotopic (exact) mass is 500 g/mol. The summed E-state index contributed by atoms with van der Waals surface area (Å²) in [5, 5.41) is 21.6. The molecule has 0 spiro atoms. The zero-order chi connectivity index (χ0) is 26.4. The fourth-order valence-corrected chi connectivity index (χ4v) is 4.95. The molecule has 2 atom stereocenters. The summed E-state index contributed by atoms with van der Waals surface area (Å²) in [6, 6.07) is 13.2.